The van der Waals surface area contributed by atoms with Crippen LogP contribution in [0.5, 0.6) is 5.75 Å². The lowest BCUT2D eigenvalue weighted by molar-refractivity contribution is -0.121. The number of halogens is 1. The number of likely N-dealkylation sites (tertiary alicyclic amines) is 1. The van der Waals surface area contributed by atoms with Crippen molar-refractivity contribution in [3.05, 3.63) is 23.2 Å². The molecular formula is C18H28ClN3O4S. The van der Waals surface area contributed by atoms with Crippen LogP contribution in [-0.4, -0.2) is 64.8 Å². The number of hydrogen-bond donors (Lipinski definition) is 1. The van der Waals surface area contributed by atoms with Gasteiger partial charge in [-0.2, -0.15) is 0 Å². The van der Waals surface area contributed by atoms with Crippen LogP contribution in [-0.2, 0) is 14.8 Å². The third kappa shape index (κ3) is 5.99. The van der Waals surface area contributed by atoms with Crippen LogP contribution in [0.1, 0.15) is 26.2 Å². The number of carbonyl (C=O) groups excluding carboxylic acids is 1. The van der Waals surface area contributed by atoms with Crippen LogP contribution < -0.4 is 14.4 Å². The van der Waals surface area contributed by atoms with Crippen molar-refractivity contribution in [2.75, 3.05) is 43.8 Å². The van der Waals surface area contributed by atoms with Crippen LogP contribution in [0.4, 0.5) is 5.69 Å². The molecule has 1 aliphatic rings. The van der Waals surface area contributed by atoms with Crippen molar-refractivity contribution in [1.29, 1.82) is 0 Å². The Morgan fingerprint density at radius 1 is 1.37 bits per heavy atom. The molecule has 1 heterocycles. The monoisotopic (exact) mass is 417 g/mol. The molecule has 0 unspecified atom stereocenters. The summed E-state index contributed by atoms with van der Waals surface area (Å²) in [5.74, 6) is -0.0256. The predicted molar refractivity (Wildman–Crippen MR) is 108 cm³/mol. The summed E-state index contributed by atoms with van der Waals surface area (Å²) in [6.07, 6.45) is 4.35. The van der Waals surface area contributed by atoms with E-state index in [9.17, 15) is 13.2 Å². The highest BCUT2D eigenvalue weighted by Crippen LogP contribution is 2.34. The van der Waals surface area contributed by atoms with Gasteiger partial charge in [0.15, 0.2) is 0 Å². The number of carbonyl (C=O) groups is 1. The van der Waals surface area contributed by atoms with Crippen LogP contribution in [0, 0.1) is 0 Å². The van der Waals surface area contributed by atoms with Gasteiger partial charge in [0.2, 0.25) is 15.9 Å². The fourth-order valence-electron chi connectivity index (χ4n) is 3.28. The minimum atomic E-state index is -3.73. The molecule has 152 valence electrons. The first-order valence-corrected chi connectivity index (χ1v) is 11.3. The van der Waals surface area contributed by atoms with Gasteiger partial charge in [-0.05, 0) is 64.0 Å². The molecule has 9 heteroatoms. The molecule has 1 amide bonds. The molecule has 0 aliphatic carbocycles. The molecule has 1 fully saturated rings. The molecule has 7 nitrogen and oxygen atoms in total. The number of hydrogen-bond acceptors (Lipinski definition) is 5. The van der Waals surface area contributed by atoms with Crippen LogP contribution >= 0.6 is 11.6 Å². The minimum Gasteiger partial charge on any atom is -0.495 e. The topological polar surface area (TPSA) is 79.0 Å². The Hall–Kier alpha value is -1.51. The van der Waals surface area contributed by atoms with E-state index in [1.165, 1.54) is 26.0 Å². The van der Waals surface area contributed by atoms with Crippen molar-refractivity contribution in [2.24, 2.45) is 0 Å². The van der Waals surface area contributed by atoms with Gasteiger partial charge in [0.25, 0.3) is 0 Å². The summed E-state index contributed by atoms with van der Waals surface area (Å²) in [6, 6.07) is 3.74. The van der Waals surface area contributed by atoms with Crippen LogP contribution in [0.15, 0.2) is 18.2 Å². The highest BCUT2D eigenvalue weighted by Gasteiger charge is 2.31. The molecular weight excluding hydrogens is 390 g/mol. The van der Waals surface area contributed by atoms with E-state index in [0.717, 1.165) is 36.6 Å². The summed E-state index contributed by atoms with van der Waals surface area (Å²) < 4.78 is 31.1. The second-order valence-corrected chi connectivity index (χ2v) is 9.04. The number of methoxy groups -OCH3 is 1. The standard InChI is InChI=1S/C18H28ClN3O4S/c1-14(18(23)20-9-6-12-21-10-4-5-11-21)22(27(3,24)25)16-13-15(19)7-8-17(16)26-2/h7-8,13-14H,4-6,9-12H2,1-3H3,(H,20,23)/t14-/m1/s1. The second kappa shape index (κ2) is 9.61. The van der Waals surface area contributed by atoms with Crippen molar-refractivity contribution in [3.8, 4) is 5.75 Å². The zero-order valence-corrected chi connectivity index (χ0v) is 17.6. The maximum atomic E-state index is 12.6. The van der Waals surface area contributed by atoms with E-state index >= 15 is 0 Å². The lowest BCUT2D eigenvalue weighted by atomic mass is 10.2. The Bertz CT molecular complexity index is 751. The second-order valence-electron chi connectivity index (χ2n) is 6.74. The Kier molecular flexibility index (Phi) is 7.76. The van der Waals surface area contributed by atoms with Crippen LogP contribution in [0.3, 0.4) is 0 Å². The number of anilines is 1. The Morgan fingerprint density at radius 3 is 2.63 bits per heavy atom. The summed E-state index contributed by atoms with van der Waals surface area (Å²) in [7, 11) is -2.29. The number of sulfonamides is 1. The summed E-state index contributed by atoms with van der Waals surface area (Å²) in [6.45, 7) is 5.22. The van der Waals surface area contributed by atoms with E-state index in [1.807, 2.05) is 0 Å². The lowest BCUT2D eigenvalue weighted by Gasteiger charge is -2.29. The van der Waals surface area contributed by atoms with Crippen molar-refractivity contribution in [1.82, 2.24) is 10.2 Å². The normalized spacial score (nSPS) is 16.1. The highest BCUT2D eigenvalue weighted by molar-refractivity contribution is 7.92. The average molecular weight is 418 g/mol. The van der Waals surface area contributed by atoms with Crippen molar-refractivity contribution >= 4 is 33.2 Å². The highest BCUT2D eigenvalue weighted by atomic mass is 35.5. The van der Waals surface area contributed by atoms with Crippen molar-refractivity contribution < 1.29 is 17.9 Å². The SMILES string of the molecule is COc1ccc(Cl)cc1N([C@H](C)C(=O)NCCCN1CCCC1)S(C)(=O)=O. The van der Waals surface area contributed by atoms with Crippen molar-refractivity contribution in [3.63, 3.8) is 0 Å². The van der Waals surface area contributed by atoms with Gasteiger partial charge < -0.3 is 15.0 Å². The first-order chi connectivity index (χ1) is 12.7. The molecule has 1 N–H and O–H groups in total. The molecule has 0 spiro atoms. The van der Waals surface area contributed by atoms with E-state index in [0.29, 0.717) is 17.3 Å². The fourth-order valence-corrected chi connectivity index (χ4v) is 4.62. The summed E-state index contributed by atoms with van der Waals surface area (Å²) in [5.41, 5.74) is 0.243. The molecule has 0 aromatic heterocycles. The minimum absolute atomic E-state index is 0.243. The third-order valence-corrected chi connectivity index (χ3v) is 6.08. The number of benzene rings is 1. The first-order valence-electron chi connectivity index (χ1n) is 9.07. The third-order valence-electron chi connectivity index (χ3n) is 4.62. The van der Waals surface area contributed by atoms with Gasteiger partial charge >= 0.3 is 0 Å². The average Bonchev–Trinajstić information content (AvgIpc) is 3.11. The van der Waals surface area contributed by atoms with Gasteiger partial charge in [-0.15, -0.1) is 0 Å². The fraction of sp³-hybridized carbons (Fsp3) is 0.611. The number of nitrogens with one attached hydrogen (secondary N) is 1. The smallest absolute Gasteiger partial charge is 0.243 e. The lowest BCUT2D eigenvalue weighted by Crippen LogP contribution is -2.48. The maximum Gasteiger partial charge on any atom is 0.243 e. The largest absolute Gasteiger partial charge is 0.495 e. The number of nitrogens with zero attached hydrogens (tertiary/aromatic N) is 2. The molecule has 2 rings (SSSR count). The molecule has 1 aliphatic heterocycles. The van der Waals surface area contributed by atoms with E-state index in [4.69, 9.17) is 16.3 Å². The van der Waals surface area contributed by atoms with Gasteiger partial charge in [-0.3, -0.25) is 9.10 Å². The Labute approximate surface area is 166 Å². The first kappa shape index (κ1) is 21.8. The summed E-state index contributed by atoms with van der Waals surface area (Å²) >= 11 is 6.03. The van der Waals surface area contributed by atoms with Gasteiger partial charge in [0.1, 0.15) is 11.8 Å². The van der Waals surface area contributed by atoms with Gasteiger partial charge in [0.05, 0.1) is 19.1 Å². The summed E-state index contributed by atoms with van der Waals surface area (Å²) in [5, 5.41) is 3.19. The Morgan fingerprint density at radius 2 is 2.04 bits per heavy atom. The van der Waals surface area contributed by atoms with E-state index < -0.39 is 16.1 Å². The zero-order valence-electron chi connectivity index (χ0n) is 16.1. The molecule has 27 heavy (non-hydrogen) atoms. The number of ether oxygens (including phenoxy) is 1. The van der Waals surface area contributed by atoms with Gasteiger partial charge in [0, 0.05) is 11.6 Å². The number of amides is 1. The zero-order chi connectivity index (χ0) is 20.0. The van der Waals surface area contributed by atoms with Crippen molar-refractivity contribution in [2.45, 2.75) is 32.2 Å². The molecule has 1 aromatic rings. The molecule has 0 bridgehead atoms. The van der Waals surface area contributed by atoms with E-state index in [1.54, 1.807) is 19.1 Å². The maximum absolute atomic E-state index is 12.6. The van der Waals surface area contributed by atoms with E-state index in [-0.39, 0.29) is 11.6 Å². The Balaban J connectivity index is 2.07. The van der Waals surface area contributed by atoms with Gasteiger partial charge in [-0.25, -0.2) is 8.42 Å². The summed E-state index contributed by atoms with van der Waals surface area (Å²) in [4.78, 5) is 15.0. The molecule has 0 saturated carbocycles. The van der Waals surface area contributed by atoms with Crippen LogP contribution in [0.25, 0.3) is 0 Å². The van der Waals surface area contributed by atoms with E-state index in [2.05, 4.69) is 10.2 Å². The molecule has 1 saturated heterocycles. The molecule has 1 atom stereocenters. The van der Waals surface area contributed by atoms with Gasteiger partial charge in [-0.1, -0.05) is 11.6 Å². The quantitative estimate of drug-likeness (QED) is 0.622. The molecule has 1 aromatic carbocycles. The van der Waals surface area contributed by atoms with Crippen LogP contribution in [0.2, 0.25) is 5.02 Å². The predicted octanol–water partition coefficient (Wildman–Crippen LogP) is 2.11. The number of rotatable bonds is 9. The molecule has 0 radical (unpaired) electrons.